The van der Waals surface area contributed by atoms with E-state index < -0.39 is 0 Å². The molecule has 1 saturated carbocycles. The lowest BCUT2D eigenvalue weighted by atomic mass is 9.85. The Morgan fingerprint density at radius 2 is 2.00 bits per heavy atom. The highest BCUT2D eigenvalue weighted by Crippen LogP contribution is 2.29. The van der Waals surface area contributed by atoms with Gasteiger partial charge in [0.25, 0.3) is 0 Å². The van der Waals surface area contributed by atoms with Gasteiger partial charge in [0.15, 0.2) is 0 Å². The van der Waals surface area contributed by atoms with Crippen LogP contribution in [0, 0.1) is 11.8 Å². The van der Waals surface area contributed by atoms with E-state index in [9.17, 15) is 0 Å². The fraction of sp³-hybridized carbons (Fsp3) is 1.00. The standard InChI is InChI=1S/C14H27BrO/c1-3-13-6-4-5-7-14(13)16-11-9-12(2)8-10-15/h12-14H,3-11H2,1-2H3. The smallest absolute Gasteiger partial charge is 0.0603 e. The molecule has 1 rings (SSSR count). The van der Waals surface area contributed by atoms with Crippen molar-refractivity contribution in [3.8, 4) is 0 Å². The van der Waals surface area contributed by atoms with Gasteiger partial charge < -0.3 is 4.74 Å². The fourth-order valence-corrected chi connectivity index (χ4v) is 3.39. The maximum atomic E-state index is 6.09. The monoisotopic (exact) mass is 290 g/mol. The predicted octanol–water partition coefficient (Wildman–Crippen LogP) is 4.78. The van der Waals surface area contributed by atoms with Crippen molar-refractivity contribution in [2.24, 2.45) is 11.8 Å². The Labute approximate surface area is 109 Å². The summed E-state index contributed by atoms with van der Waals surface area (Å²) in [6.07, 6.45) is 9.82. The van der Waals surface area contributed by atoms with Gasteiger partial charge in [-0.25, -0.2) is 0 Å². The summed E-state index contributed by atoms with van der Waals surface area (Å²) in [6, 6.07) is 0. The zero-order chi connectivity index (χ0) is 11.8. The minimum atomic E-state index is 0.565. The highest BCUT2D eigenvalue weighted by Gasteiger charge is 2.23. The van der Waals surface area contributed by atoms with Crippen molar-refractivity contribution >= 4 is 15.9 Å². The molecule has 2 heteroatoms. The molecule has 0 radical (unpaired) electrons. The predicted molar refractivity (Wildman–Crippen MR) is 74.2 cm³/mol. The Morgan fingerprint density at radius 3 is 2.69 bits per heavy atom. The van der Waals surface area contributed by atoms with Crippen LogP contribution in [0.2, 0.25) is 0 Å². The average molecular weight is 291 g/mol. The Morgan fingerprint density at radius 1 is 1.25 bits per heavy atom. The van der Waals surface area contributed by atoms with Gasteiger partial charge in [-0.2, -0.15) is 0 Å². The van der Waals surface area contributed by atoms with Crippen LogP contribution in [0.5, 0.6) is 0 Å². The Kier molecular flexibility index (Phi) is 7.72. The summed E-state index contributed by atoms with van der Waals surface area (Å²) < 4.78 is 6.09. The quantitative estimate of drug-likeness (QED) is 0.613. The molecule has 1 fully saturated rings. The van der Waals surface area contributed by atoms with E-state index in [0.717, 1.165) is 23.8 Å². The zero-order valence-electron chi connectivity index (χ0n) is 10.9. The van der Waals surface area contributed by atoms with Crippen LogP contribution in [-0.2, 0) is 4.74 Å². The molecule has 0 N–H and O–H groups in total. The van der Waals surface area contributed by atoms with Gasteiger partial charge >= 0.3 is 0 Å². The molecule has 1 aliphatic rings. The van der Waals surface area contributed by atoms with E-state index in [4.69, 9.17) is 4.74 Å². The summed E-state index contributed by atoms with van der Waals surface area (Å²) in [4.78, 5) is 0. The molecule has 16 heavy (non-hydrogen) atoms. The maximum Gasteiger partial charge on any atom is 0.0603 e. The molecule has 0 amide bonds. The average Bonchev–Trinajstić information content (AvgIpc) is 2.30. The Balaban J connectivity index is 2.15. The second-order valence-electron chi connectivity index (χ2n) is 5.23. The maximum absolute atomic E-state index is 6.09. The SMILES string of the molecule is CCC1CCCCC1OCCC(C)CCBr. The van der Waals surface area contributed by atoms with Gasteiger partial charge in [-0.1, -0.05) is 49.0 Å². The van der Waals surface area contributed by atoms with Crippen LogP contribution in [0.3, 0.4) is 0 Å². The number of rotatable bonds is 7. The molecule has 0 aliphatic heterocycles. The van der Waals surface area contributed by atoms with Crippen LogP contribution in [-0.4, -0.2) is 18.0 Å². The molecule has 0 aromatic heterocycles. The second-order valence-corrected chi connectivity index (χ2v) is 6.03. The van der Waals surface area contributed by atoms with Gasteiger partial charge in [0.2, 0.25) is 0 Å². The zero-order valence-corrected chi connectivity index (χ0v) is 12.5. The van der Waals surface area contributed by atoms with Crippen LogP contribution in [0.1, 0.15) is 58.8 Å². The molecule has 0 saturated heterocycles. The van der Waals surface area contributed by atoms with Crippen molar-refractivity contribution in [3.63, 3.8) is 0 Å². The van der Waals surface area contributed by atoms with Crippen LogP contribution in [0.15, 0.2) is 0 Å². The molecular formula is C14H27BrO. The van der Waals surface area contributed by atoms with E-state index >= 15 is 0 Å². The first-order chi connectivity index (χ1) is 7.77. The lowest BCUT2D eigenvalue weighted by Gasteiger charge is -2.31. The summed E-state index contributed by atoms with van der Waals surface area (Å²) in [5.74, 6) is 1.63. The number of hydrogen-bond donors (Lipinski definition) is 0. The van der Waals surface area contributed by atoms with Gasteiger partial charge in [0, 0.05) is 11.9 Å². The molecule has 0 heterocycles. The minimum Gasteiger partial charge on any atom is -0.378 e. The molecule has 0 aromatic rings. The largest absolute Gasteiger partial charge is 0.378 e. The topological polar surface area (TPSA) is 9.23 Å². The molecule has 3 atom stereocenters. The van der Waals surface area contributed by atoms with Gasteiger partial charge in [-0.05, 0) is 37.5 Å². The first-order valence-electron chi connectivity index (χ1n) is 6.95. The lowest BCUT2D eigenvalue weighted by Crippen LogP contribution is -2.28. The van der Waals surface area contributed by atoms with Crippen molar-refractivity contribution in [1.82, 2.24) is 0 Å². The molecule has 3 unspecified atom stereocenters. The molecule has 0 spiro atoms. The first kappa shape index (κ1) is 14.5. The van der Waals surface area contributed by atoms with E-state index in [1.807, 2.05) is 0 Å². The van der Waals surface area contributed by atoms with Gasteiger partial charge in [-0.3, -0.25) is 0 Å². The summed E-state index contributed by atoms with van der Waals surface area (Å²) >= 11 is 3.50. The van der Waals surface area contributed by atoms with Gasteiger partial charge in [0.05, 0.1) is 6.10 Å². The number of ether oxygens (including phenoxy) is 1. The van der Waals surface area contributed by atoms with Crippen LogP contribution >= 0.6 is 15.9 Å². The number of halogens is 1. The van der Waals surface area contributed by atoms with Crippen LogP contribution in [0.4, 0.5) is 0 Å². The van der Waals surface area contributed by atoms with E-state index in [-0.39, 0.29) is 0 Å². The summed E-state index contributed by atoms with van der Waals surface area (Å²) in [6.45, 7) is 5.60. The Bertz CT molecular complexity index is 172. The van der Waals surface area contributed by atoms with Gasteiger partial charge in [-0.15, -0.1) is 0 Å². The third-order valence-corrected chi connectivity index (χ3v) is 4.37. The first-order valence-corrected chi connectivity index (χ1v) is 8.07. The molecule has 0 bridgehead atoms. The van der Waals surface area contributed by atoms with Crippen LogP contribution < -0.4 is 0 Å². The highest BCUT2D eigenvalue weighted by molar-refractivity contribution is 9.09. The third kappa shape index (κ3) is 5.18. The molecule has 96 valence electrons. The molecule has 1 nitrogen and oxygen atoms in total. The Hall–Kier alpha value is 0.440. The summed E-state index contributed by atoms with van der Waals surface area (Å²) in [7, 11) is 0. The third-order valence-electron chi connectivity index (χ3n) is 3.91. The van der Waals surface area contributed by atoms with Crippen molar-refractivity contribution in [1.29, 1.82) is 0 Å². The van der Waals surface area contributed by atoms with Gasteiger partial charge in [0.1, 0.15) is 0 Å². The van der Waals surface area contributed by atoms with Crippen LogP contribution in [0.25, 0.3) is 0 Å². The second kappa shape index (κ2) is 8.52. The number of alkyl halides is 1. The fourth-order valence-electron chi connectivity index (χ4n) is 2.61. The number of hydrogen-bond acceptors (Lipinski definition) is 1. The normalized spacial score (nSPS) is 27.9. The highest BCUT2D eigenvalue weighted by atomic mass is 79.9. The van der Waals surface area contributed by atoms with E-state index in [2.05, 4.69) is 29.8 Å². The van der Waals surface area contributed by atoms with E-state index in [0.29, 0.717) is 6.10 Å². The van der Waals surface area contributed by atoms with Crippen molar-refractivity contribution < 1.29 is 4.74 Å². The van der Waals surface area contributed by atoms with Crippen molar-refractivity contribution in [2.75, 3.05) is 11.9 Å². The van der Waals surface area contributed by atoms with Crippen molar-refractivity contribution in [3.05, 3.63) is 0 Å². The molecule has 0 aromatic carbocycles. The minimum absolute atomic E-state index is 0.565. The molecular weight excluding hydrogens is 264 g/mol. The van der Waals surface area contributed by atoms with E-state index in [1.165, 1.54) is 44.9 Å². The summed E-state index contributed by atoms with van der Waals surface area (Å²) in [5.41, 5.74) is 0. The van der Waals surface area contributed by atoms with Crippen molar-refractivity contribution in [2.45, 2.75) is 64.9 Å². The summed E-state index contributed by atoms with van der Waals surface area (Å²) in [5, 5.41) is 1.12. The molecule has 1 aliphatic carbocycles. The lowest BCUT2D eigenvalue weighted by molar-refractivity contribution is -0.0166. The van der Waals surface area contributed by atoms with E-state index in [1.54, 1.807) is 0 Å².